The number of nitrogens with two attached hydrogens (primary N) is 1. The summed E-state index contributed by atoms with van der Waals surface area (Å²) in [5.74, 6) is 0. The second kappa shape index (κ2) is 4.25. The van der Waals surface area contributed by atoms with Gasteiger partial charge in [-0.1, -0.05) is 36.4 Å². The number of nitrogens with zero attached hydrogens (tertiary/aromatic N) is 1. The maximum absolute atomic E-state index is 6.00. The molecule has 15 heavy (non-hydrogen) atoms. The molecule has 0 bridgehead atoms. The van der Waals surface area contributed by atoms with Crippen molar-refractivity contribution in [2.75, 3.05) is 18.0 Å². The zero-order chi connectivity index (χ0) is 10.8. The molecule has 80 valence electrons. The average molecular weight is 223 g/mol. The molecule has 1 aromatic rings. The number of halogens is 1. The Morgan fingerprint density at radius 3 is 3.00 bits per heavy atom. The van der Waals surface area contributed by atoms with Crippen LogP contribution in [0.3, 0.4) is 0 Å². The number of anilines is 1. The van der Waals surface area contributed by atoms with Crippen molar-refractivity contribution >= 4 is 17.3 Å². The minimum Gasteiger partial charge on any atom is -0.365 e. The second-order valence-electron chi connectivity index (χ2n) is 3.99. The summed E-state index contributed by atoms with van der Waals surface area (Å²) >= 11 is 5.85. The number of para-hydroxylation sites is 1. The molecule has 1 aliphatic rings. The molecule has 1 atom stereocenters. The minimum atomic E-state index is 0.191. The maximum Gasteiger partial charge on any atom is 0.0531 e. The van der Waals surface area contributed by atoms with Crippen LogP contribution in [0.5, 0.6) is 0 Å². The van der Waals surface area contributed by atoms with Crippen molar-refractivity contribution in [3.05, 3.63) is 41.4 Å². The minimum absolute atomic E-state index is 0.191. The normalized spacial score (nSPS) is 19.9. The van der Waals surface area contributed by atoms with Gasteiger partial charge in [0.1, 0.15) is 0 Å². The van der Waals surface area contributed by atoms with Crippen molar-refractivity contribution < 1.29 is 0 Å². The Bertz CT molecular complexity index is 376. The first-order valence-electron chi connectivity index (χ1n) is 5.08. The number of hydrogen-bond acceptors (Lipinski definition) is 2. The number of hydrogen-bond donors (Lipinski definition) is 1. The molecule has 0 saturated carbocycles. The maximum atomic E-state index is 6.00. The highest BCUT2D eigenvalue weighted by atomic mass is 35.5. The van der Waals surface area contributed by atoms with Crippen LogP contribution < -0.4 is 10.6 Å². The molecular weight excluding hydrogens is 208 g/mol. The van der Waals surface area contributed by atoms with E-state index in [9.17, 15) is 0 Å². The van der Waals surface area contributed by atoms with E-state index in [1.54, 1.807) is 0 Å². The van der Waals surface area contributed by atoms with Gasteiger partial charge in [-0.05, 0) is 18.1 Å². The SMILES string of the molecule is C=C(Cl)CN1CC(N)Cc2ccccc21. The summed E-state index contributed by atoms with van der Waals surface area (Å²) in [7, 11) is 0. The Balaban J connectivity index is 2.29. The van der Waals surface area contributed by atoms with Crippen LogP contribution in [0.15, 0.2) is 35.9 Å². The molecule has 0 aliphatic carbocycles. The van der Waals surface area contributed by atoms with E-state index in [1.165, 1.54) is 11.3 Å². The molecular formula is C12H15ClN2. The molecule has 0 spiro atoms. The van der Waals surface area contributed by atoms with E-state index < -0.39 is 0 Å². The van der Waals surface area contributed by atoms with Gasteiger partial charge in [0, 0.05) is 23.3 Å². The predicted octanol–water partition coefficient (Wildman–Crippen LogP) is 2.13. The van der Waals surface area contributed by atoms with E-state index >= 15 is 0 Å². The third-order valence-corrected chi connectivity index (χ3v) is 2.75. The summed E-state index contributed by atoms with van der Waals surface area (Å²) in [6, 6.07) is 8.51. The monoisotopic (exact) mass is 222 g/mol. The zero-order valence-corrected chi connectivity index (χ0v) is 9.37. The van der Waals surface area contributed by atoms with E-state index in [2.05, 4.69) is 23.6 Å². The third-order valence-electron chi connectivity index (χ3n) is 2.63. The fourth-order valence-corrected chi connectivity index (χ4v) is 2.22. The quantitative estimate of drug-likeness (QED) is 0.831. The summed E-state index contributed by atoms with van der Waals surface area (Å²) in [6.07, 6.45) is 0.946. The molecule has 2 nitrogen and oxygen atoms in total. The van der Waals surface area contributed by atoms with Gasteiger partial charge >= 0.3 is 0 Å². The lowest BCUT2D eigenvalue weighted by molar-refractivity contribution is 0.615. The molecule has 3 heteroatoms. The van der Waals surface area contributed by atoms with Crippen molar-refractivity contribution in [3.8, 4) is 0 Å². The molecule has 1 unspecified atom stereocenters. The van der Waals surface area contributed by atoms with Crippen LogP contribution in [0, 0.1) is 0 Å². The van der Waals surface area contributed by atoms with E-state index in [1.807, 2.05) is 12.1 Å². The van der Waals surface area contributed by atoms with E-state index in [4.69, 9.17) is 17.3 Å². The summed E-state index contributed by atoms with van der Waals surface area (Å²) in [4.78, 5) is 2.19. The van der Waals surface area contributed by atoms with Crippen LogP contribution in [0.4, 0.5) is 5.69 Å². The molecule has 1 aromatic carbocycles. The highest BCUT2D eigenvalue weighted by Gasteiger charge is 2.21. The second-order valence-corrected chi connectivity index (χ2v) is 4.53. The Morgan fingerprint density at radius 2 is 2.27 bits per heavy atom. The first-order valence-corrected chi connectivity index (χ1v) is 5.46. The molecule has 2 N–H and O–H groups in total. The Kier molecular flexibility index (Phi) is 2.98. The van der Waals surface area contributed by atoms with Gasteiger partial charge in [0.2, 0.25) is 0 Å². The van der Waals surface area contributed by atoms with Crippen molar-refractivity contribution in [3.63, 3.8) is 0 Å². The standard InChI is InChI=1S/C12H15ClN2/c1-9(13)7-15-8-11(14)6-10-4-2-3-5-12(10)15/h2-5,11H,1,6-8,14H2. The first kappa shape index (κ1) is 10.5. The Labute approximate surface area is 95.3 Å². The zero-order valence-electron chi connectivity index (χ0n) is 8.62. The Hall–Kier alpha value is -0.990. The van der Waals surface area contributed by atoms with Crippen LogP contribution in [-0.2, 0) is 6.42 Å². The van der Waals surface area contributed by atoms with E-state index in [-0.39, 0.29) is 6.04 Å². The molecule has 0 radical (unpaired) electrons. The van der Waals surface area contributed by atoms with Crippen molar-refractivity contribution in [1.82, 2.24) is 0 Å². The average Bonchev–Trinajstić information content (AvgIpc) is 2.16. The molecule has 1 aliphatic heterocycles. The van der Waals surface area contributed by atoms with Crippen LogP contribution in [0.2, 0.25) is 0 Å². The fourth-order valence-electron chi connectivity index (χ4n) is 2.08. The highest BCUT2D eigenvalue weighted by molar-refractivity contribution is 6.29. The van der Waals surface area contributed by atoms with Gasteiger partial charge in [0.05, 0.1) is 6.54 Å². The molecule has 2 rings (SSSR count). The van der Waals surface area contributed by atoms with Gasteiger partial charge in [-0.25, -0.2) is 0 Å². The van der Waals surface area contributed by atoms with E-state index in [0.717, 1.165) is 13.0 Å². The number of rotatable bonds is 2. The fraction of sp³-hybridized carbons (Fsp3) is 0.333. The molecule has 0 fully saturated rings. The van der Waals surface area contributed by atoms with Gasteiger partial charge < -0.3 is 10.6 Å². The van der Waals surface area contributed by atoms with Gasteiger partial charge in [-0.2, -0.15) is 0 Å². The van der Waals surface area contributed by atoms with Crippen molar-refractivity contribution in [2.24, 2.45) is 5.73 Å². The largest absolute Gasteiger partial charge is 0.365 e. The van der Waals surface area contributed by atoms with Gasteiger partial charge in [0.15, 0.2) is 0 Å². The molecule has 0 saturated heterocycles. The van der Waals surface area contributed by atoms with Crippen LogP contribution in [0.1, 0.15) is 5.56 Å². The van der Waals surface area contributed by atoms with E-state index in [0.29, 0.717) is 11.6 Å². The summed E-state index contributed by atoms with van der Waals surface area (Å²) in [5, 5.41) is 0.652. The van der Waals surface area contributed by atoms with Crippen LogP contribution in [-0.4, -0.2) is 19.1 Å². The van der Waals surface area contributed by atoms with Gasteiger partial charge in [-0.3, -0.25) is 0 Å². The summed E-state index contributed by atoms with van der Waals surface area (Å²) < 4.78 is 0. The lowest BCUT2D eigenvalue weighted by Crippen LogP contribution is -2.43. The predicted molar refractivity (Wildman–Crippen MR) is 65.3 cm³/mol. The van der Waals surface area contributed by atoms with Crippen LogP contribution >= 0.6 is 11.6 Å². The molecule has 0 aromatic heterocycles. The first-order chi connectivity index (χ1) is 7.16. The smallest absolute Gasteiger partial charge is 0.0531 e. The molecule has 0 amide bonds. The highest BCUT2D eigenvalue weighted by Crippen LogP contribution is 2.26. The lowest BCUT2D eigenvalue weighted by Gasteiger charge is -2.34. The van der Waals surface area contributed by atoms with Crippen molar-refractivity contribution in [1.29, 1.82) is 0 Å². The van der Waals surface area contributed by atoms with Gasteiger partial charge in [-0.15, -0.1) is 0 Å². The summed E-state index contributed by atoms with van der Waals surface area (Å²) in [5.41, 5.74) is 8.54. The Morgan fingerprint density at radius 1 is 1.53 bits per heavy atom. The van der Waals surface area contributed by atoms with Crippen molar-refractivity contribution in [2.45, 2.75) is 12.5 Å². The topological polar surface area (TPSA) is 29.3 Å². The summed E-state index contributed by atoms with van der Waals surface area (Å²) in [6.45, 7) is 5.25. The number of benzene rings is 1. The molecule has 1 heterocycles. The van der Waals surface area contributed by atoms with Crippen LogP contribution in [0.25, 0.3) is 0 Å². The lowest BCUT2D eigenvalue weighted by atomic mass is 9.98. The van der Waals surface area contributed by atoms with Gasteiger partial charge in [0.25, 0.3) is 0 Å². The third kappa shape index (κ3) is 2.33. The number of fused-ring (bicyclic) bond motifs is 1.